The molecule has 0 aliphatic carbocycles. The van der Waals surface area contributed by atoms with Gasteiger partial charge in [0.2, 0.25) is 5.91 Å². The van der Waals surface area contributed by atoms with Gasteiger partial charge in [-0.15, -0.1) is 0 Å². The second kappa shape index (κ2) is 10.0. The average Bonchev–Trinajstić information content (AvgIpc) is 2.78. The number of hydrogen-bond acceptors (Lipinski definition) is 5. The number of piperidine rings is 1. The lowest BCUT2D eigenvalue weighted by Crippen LogP contribution is -2.53. The topological polar surface area (TPSA) is 74.7 Å². The Morgan fingerprint density at radius 3 is 2.69 bits per heavy atom. The van der Waals surface area contributed by atoms with E-state index >= 15 is 0 Å². The molecule has 6 heteroatoms. The zero-order valence-electron chi connectivity index (χ0n) is 20.0. The Hall–Kier alpha value is -2.44. The zero-order chi connectivity index (χ0) is 23.4. The lowest BCUT2D eigenvalue weighted by atomic mass is 9.78. The van der Waals surface area contributed by atoms with Crippen LogP contribution in [0.4, 0.5) is 0 Å². The van der Waals surface area contributed by atoms with Crippen LogP contribution in [0.25, 0.3) is 0 Å². The van der Waals surface area contributed by atoms with Crippen LogP contribution in [0.15, 0.2) is 42.6 Å². The highest BCUT2D eigenvalue weighted by Gasteiger charge is 2.42. The summed E-state index contributed by atoms with van der Waals surface area (Å²) >= 11 is 0. The van der Waals surface area contributed by atoms with Gasteiger partial charge in [0.25, 0.3) is 0 Å². The molecule has 0 saturated carbocycles. The number of methoxy groups -OCH3 is 1. The Balaban J connectivity index is 1.79. The summed E-state index contributed by atoms with van der Waals surface area (Å²) < 4.78 is 5.33. The van der Waals surface area contributed by atoms with Crippen LogP contribution in [0, 0.1) is 18.3 Å². The van der Waals surface area contributed by atoms with Gasteiger partial charge in [-0.2, -0.15) is 0 Å². The van der Waals surface area contributed by atoms with Crippen molar-refractivity contribution in [1.29, 1.82) is 0 Å². The number of carbonyl (C=O) groups excluding carboxylic acids is 1. The molecule has 6 nitrogen and oxygen atoms in total. The van der Waals surface area contributed by atoms with Gasteiger partial charge in [0.1, 0.15) is 11.4 Å². The summed E-state index contributed by atoms with van der Waals surface area (Å²) in [5, 5.41) is 14.9. The molecule has 1 fully saturated rings. The van der Waals surface area contributed by atoms with Crippen molar-refractivity contribution in [3.63, 3.8) is 0 Å². The molecule has 2 heterocycles. The van der Waals surface area contributed by atoms with Gasteiger partial charge in [0.15, 0.2) is 0 Å². The first-order chi connectivity index (χ1) is 15.1. The fourth-order valence-corrected chi connectivity index (χ4v) is 4.35. The summed E-state index contributed by atoms with van der Waals surface area (Å²) in [7, 11) is 1.68. The fraction of sp³-hybridized carbons (Fsp3) is 0.538. The van der Waals surface area contributed by atoms with Crippen LogP contribution >= 0.6 is 0 Å². The number of aromatic nitrogens is 1. The third-order valence-corrected chi connectivity index (χ3v) is 6.43. The number of hydrogen-bond donors (Lipinski definition) is 2. The molecule has 1 aliphatic rings. The van der Waals surface area contributed by atoms with E-state index in [9.17, 15) is 9.90 Å². The molecule has 1 aromatic carbocycles. The molecule has 1 aliphatic heterocycles. The zero-order valence-corrected chi connectivity index (χ0v) is 20.0. The Bertz CT molecular complexity index is 910. The van der Waals surface area contributed by atoms with Crippen LogP contribution in [0.2, 0.25) is 0 Å². The molecule has 1 aromatic heterocycles. The van der Waals surface area contributed by atoms with Gasteiger partial charge < -0.3 is 15.2 Å². The Kier molecular flexibility index (Phi) is 7.57. The van der Waals surface area contributed by atoms with Crippen LogP contribution in [0.3, 0.4) is 0 Å². The molecular formula is C26H37N3O3. The third kappa shape index (κ3) is 5.67. The maximum Gasteiger partial charge on any atom is 0.225 e. The van der Waals surface area contributed by atoms with Crippen LogP contribution < -0.4 is 10.1 Å². The minimum atomic E-state index is -1.23. The van der Waals surface area contributed by atoms with Crippen molar-refractivity contribution in [2.24, 2.45) is 11.3 Å². The molecule has 1 saturated heterocycles. The maximum absolute atomic E-state index is 12.6. The number of amides is 1. The minimum Gasteiger partial charge on any atom is -0.497 e. The van der Waals surface area contributed by atoms with Crippen molar-refractivity contribution >= 4 is 5.91 Å². The molecule has 2 aromatic rings. The van der Waals surface area contributed by atoms with Crippen molar-refractivity contribution in [3.05, 3.63) is 59.4 Å². The van der Waals surface area contributed by atoms with E-state index in [1.807, 2.05) is 45.0 Å². The van der Waals surface area contributed by atoms with E-state index in [0.717, 1.165) is 38.2 Å². The van der Waals surface area contributed by atoms with Gasteiger partial charge in [0.05, 0.1) is 19.3 Å². The number of aryl methyl sites for hydroxylation is 1. The monoisotopic (exact) mass is 439 g/mol. The summed E-state index contributed by atoms with van der Waals surface area (Å²) in [4.78, 5) is 19.4. The first-order valence-electron chi connectivity index (χ1n) is 11.4. The first kappa shape index (κ1) is 24.2. The lowest BCUT2D eigenvalue weighted by Gasteiger charge is -2.42. The lowest BCUT2D eigenvalue weighted by molar-refractivity contribution is -0.131. The van der Waals surface area contributed by atoms with Gasteiger partial charge in [-0.3, -0.25) is 14.7 Å². The van der Waals surface area contributed by atoms with E-state index in [-0.39, 0.29) is 18.4 Å². The van der Waals surface area contributed by atoms with E-state index in [4.69, 9.17) is 4.74 Å². The van der Waals surface area contributed by atoms with E-state index in [1.165, 1.54) is 11.1 Å². The van der Waals surface area contributed by atoms with E-state index < -0.39 is 11.0 Å². The number of nitrogens with one attached hydrogen (secondary N) is 1. The molecule has 3 rings (SSSR count). The van der Waals surface area contributed by atoms with Crippen molar-refractivity contribution in [3.8, 4) is 5.75 Å². The molecule has 0 bridgehead atoms. The van der Waals surface area contributed by atoms with Gasteiger partial charge >= 0.3 is 0 Å². The second-order valence-electron chi connectivity index (χ2n) is 9.94. The molecule has 2 N–H and O–H groups in total. The standard InChI is InChI=1S/C26H37N3O3/c1-19-15-22(32-5)12-11-20(19)16-29-14-8-9-21(17-29)26(31,23-10-6-7-13-27-23)18-28-24(30)25(2,3)4/h6-7,10-13,15,21,31H,8-9,14,16-18H2,1-5H3,(H,28,30)/t21-,26-/m1/s1. The number of aliphatic hydroxyl groups is 1. The minimum absolute atomic E-state index is 0.0371. The SMILES string of the molecule is COc1ccc(CN2CCC[C@@H]([C@](O)(CNC(=O)C(C)(C)C)c3ccccn3)C2)c(C)c1. The summed E-state index contributed by atoms with van der Waals surface area (Å²) in [5.41, 5.74) is 1.32. The van der Waals surface area contributed by atoms with Gasteiger partial charge in [-0.25, -0.2) is 0 Å². The maximum atomic E-state index is 12.6. The highest BCUT2D eigenvalue weighted by Crippen LogP contribution is 2.35. The molecule has 0 radical (unpaired) electrons. The van der Waals surface area contributed by atoms with Gasteiger partial charge in [0, 0.05) is 30.6 Å². The number of pyridine rings is 1. The Morgan fingerprint density at radius 2 is 2.06 bits per heavy atom. The largest absolute Gasteiger partial charge is 0.497 e. The number of rotatable bonds is 7. The molecule has 0 spiro atoms. The second-order valence-corrected chi connectivity index (χ2v) is 9.94. The third-order valence-electron chi connectivity index (χ3n) is 6.43. The fourth-order valence-electron chi connectivity index (χ4n) is 4.35. The van der Waals surface area contributed by atoms with Crippen LogP contribution in [-0.4, -0.2) is 47.6 Å². The predicted octanol–water partition coefficient (Wildman–Crippen LogP) is 3.66. The Labute approximate surface area is 192 Å². The average molecular weight is 440 g/mol. The highest BCUT2D eigenvalue weighted by atomic mass is 16.5. The highest BCUT2D eigenvalue weighted by molar-refractivity contribution is 5.81. The molecule has 0 unspecified atom stereocenters. The summed E-state index contributed by atoms with van der Waals surface area (Å²) in [6.07, 6.45) is 3.58. The number of nitrogens with zero attached hydrogens (tertiary/aromatic N) is 2. The van der Waals surface area contributed by atoms with Crippen LogP contribution in [-0.2, 0) is 16.9 Å². The number of carbonyl (C=O) groups is 1. The van der Waals surface area contributed by atoms with Crippen molar-refractivity contribution in [2.45, 2.75) is 52.7 Å². The van der Waals surface area contributed by atoms with Crippen molar-refractivity contribution in [2.75, 3.05) is 26.7 Å². The number of ether oxygens (including phenoxy) is 1. The smallest absolute Gasteiger partial charge is 0.225 e. The van der Waals surface area contributed by atoms with Gasteiger partial charge in [-0.1, -0.05) is 32.9 Å². The molecule has 2 atom stereocenters. The number of benzene rings is 1. The quantitative estimate of drug-likeness (QED) is 0.689. The van der Waals surface area contributed by atoms with Crippen molar-refractivity contribution < 1.29 is 14.6 Å². The van der Waals surface area contributed by atoms with Crippen LogP contribution in [0.1, 0.15) is 50.4 Å². The molecule has 174 valence electrons. The normalized spacial score (nSPS) is 19.2. The Morgan fingerprint density at radius 1 is 1.28 bits per heavy atom. The van der Waals surface area contributed by atoms with Gasteiger partial charge in [-0.05, 0) is 61.7 Å². The predicted molar refractivity (Wildman–Crippen MR) is 126 cm³/mol. The molecule has 1 amide bonds. The summed E-state index contributed by atoms with van der Waals surface area (Å²) in [5.74, 6) is 0.750. The number of likely N-dealkylation sites (tertiary alicyclic amines) is 1. The summed E-state index contributed by atoms with van der Waals surface area (Å²) in [6.45, 7) is 10.4. The first-order valence-corrected chi connectivity index (χ1v) is 11.4. The van der Waals surface area contributed by atoms with Crippen LogP contribution in [0.5, 0.6) is 5.75 Å². The van der Waals surface area contributed by atoms with Crippen molar-refractivity contribution in [1.82, 2.24) is 15.2 Å². The molecular weight excluding hydrogens is 402 g/mol. The summed E-state index contributed by atoms with van der Waals surface area (Å²) in [6, 6.07) is 11.8. The van der Waals surface area contributed by atoms with E-state index in [1.54, 1.807) is 13.3 Å². The van der Waals surface area contributed by atoms with E-state index in [0.29, 0.717) is 5.69 Å². The molecule has 32 heavy (non-hydrogen) atoms. The van der Waals surface area contributed by atoms with E-state index in [2.05, 4.69) is 34.3 Å².